The molecule has 74 valence electrons. The van der Waals surface area contributed by atoms with Crippen molar-refractivity contribution in [3.05, 3.63) is 6.92 Å². The van der Waals surface area contributed by atoms with Crippen LogP contribution < -0.4 is 24.0 Å². The molecule has 2 heteroatoms. The van der Waals surface area contributed by atoms with Gasteiger partial charge in [0.15, 0.2) is 0 Å². The molecule has 0 aromatic carbocycles. The molecule has 0 N–H and O–H groups in total. The van der Waals surface area contributed by atoms with Crippen molar-refractivity contribution in [2.75, 3.05) is 0 Å². The van der Waals surface area contributed by atoms with Crippen LogP contribution in [0.2, 0.25) is 0 Å². The third kappa shape index (κ3) is 8.49. The Balaban J connectivity index is 0. The molecule has 0 aromatic rings. The van der Waals surface area contributed by atoms with Crippen molar-refractivity contribution in [2.24, 2.45) is 5.92 Å². The first-order chi connectivity index (χ1) is 5.43. The van der Waals surface area contributed by atoms with Gasteiger partial charge in [-0.15, -0.1) is 0 Å². The smallest absolute Gasteiger partial charge is 1.00 e. The largest absolute Gasteiger partial charge is 2.00 e. The molecule has 1 rings (SSSR count). The summed E-state index contributed by atoms with van der Waals surface area (Å²) in [5.41, 5.74) is 0. The van der Waals surface area contributed by atoms with Crippen LogP contribution in [-0.4, -0.2) is 23.1 Å². The molecule has 0 bridgehead atoms. The molecule has 1 saturated carbocycles. The summed E-state index contributed by atoms with van der Waals surface area (Å²) in [6, 6.07) is 0. The van der Waals surface area contributed by atoms with Crippen molar-refractivity contribution in [1.82, 2.24) is 0 Å². The standard InChI is InChI=1S/C11H21.HI.Mg/c1-2-3-5-8-11-9-6-4-7-10-11;;/h11H,1-10H2;1H;/q-1;;+2/p-1. The third-order valence-electron chi connectivity index (χ3n) is 2.84. The number of halogens is 1. The van der Waals surface area contributed by atoms with E-state index in [4.69, 9.17) is 0 Å². The molecule has 0 unspecified atom stereocenters. The summed E-state index contributed by atoms with van der Waals surface area (Å²) in [5, 5.41) is 0. The van der Waals surface area contributed by atoms with E-state index >= 15 is 0 Å². The summed E-state index contributed by atoms with van der Waals surface area (Å²) >= 11 is 0. The maximum Gasteiger partial charge on any atom is 2.00 e. The van der Waals surface area contributed by atoms with Gasteiger partial charge < -0.3 is 30.9 Å². The molecular formula is C11H21IMg. The molecule has 0 amide bonds. The molecule has 13 heavy (non-hydrogen) atoms. The van der Waals surface area contributed by atoms with Crippen LogP contribution in [0.15, 0.2) is 0 Å². The fourth-order valence-corrected chi connectivity index (χ4v) is 2.09. The minimum atomic E-state index is 0. The molecule has 1 fully saturated rings. The molecule has 0 heterocycles. The average molecular weight is 304 g/mol. The number of hydrogen-bond donors (Lipinski definition) is 0. The SMILES string of the molecule is [CH2-]CCCCC1CCCCC1.[I-].[Mg+2]. The van der Waals surface area contributed by atoms with Gasteiger partial charge in [0.25, 0.3) is 0 Å². The van der Waals surface area contributed by atoms with Crippen LogP contribution in [-0.2, 0) is 0 Å². The molecule has 0 radical (unpaired) electrons. The van der Waals surface area contributed by atoms with E-state index in [9.17, 15) is 0 Å². The molecule has 0 spiro atoms. The van der Waals surface area contributed by atoms with E-state index in [-0.39, 0.29) is 47.0 Å². The van der Waals surface area contributed by atoms with Gasteiger partial charge in [0, 0.05) is 0 Å². The van der Waals surface area contributed by atoms with Crippen LogP contribution in [0.25, 0.3) is 0 Å². The Bertz CT molecular complexity index is 90.1. The van der Waals surface area contributed by atoms with Crippen molar-refractivity contribution in [3.8, 4) is 0 Å². The van der Waals surface area contributed by atoms with E-state index in [2.05, 4.69) is 6.92 Å². The molecule has 1 aliphatic carbocycles. The Hall–Kier alpha value is 1.50. The Morgan fingerprint density at radius 1 is 1.00 bits per heavy atom. The predicted octanol–water partition coefficient (Wildman–Crippen LogP) is 0.584. The zero-order valence-corrected chi connectivity index (χ0v) is 12.3. The summed E-state index contributed by atoms with van der Waals surface area (Å²) in [5.74, 6) is 1.08. The van der Waals surface area contributed by atoms with E-state index in [1.807, 2.05) is 0 Å². The Morgan fingerprint density at radius 2 is 1.62 bits per heavy atom. The Labute approximate surface area is 117 Å². The van der Waals surface area contributed by atoms with Gasteiger partial charge in [-0.1, -0.05) is 51.4 Å². The quantitative estimate of drug-likeness (QED) is 0.309. The van der Waals surface area contributed by atoms with Crippen molar-refractivity contribution in [2.45, 2.75) is 57.8 Å². The van der Waals surface area contributed by atoms with E-state index in [0.717, 1.165) is 12.3 Å². The third-order valence-corrected chi connectivity index (χ3v) is 2.84. The van der Waals surface area contributed by atoms with Crippen molar-refractivity contribution < 1.29 is 24.0 Å². The van der Waals surface area contributed by atoms with E-state index in [1.54, 1.807) is 0 Å². The van der Waals surface area contributed by atoms with Gasteiger partial charge >= 0.3 is 23.1 Å². The molecule has 0 aliphatic heterocycles. The summed E-state index contributed by atoms with van der Waals surface area (Å²) in [6.07, 6.45) is 12.9. The second-order valence-corrected chi connectivity index (χ2v) is 3.85. The molecule has 0 saturated heterocycles. The zero-order valence-electron chi connectivity index (χ0n) is 8.73. The van der Waals surface area contributed by atoms with Crippen LogP contribution in [0.3, 0.4) is 0 Å². The summed E-state index contributed by atoms with van der Waals surface area (Å²) in [4.78, 5) is 0. The molecule has 0 aromatic heterocycles. The van der Waals surface area contributed by atoms with Crippen LogP contribution in [0.4, 0.5) is 0 Å². The van der Waals surface area contributed by atoms with Crippen molar-refractivity contribution in [1.29, 1.82) is 0 Å². The first-order valence-corrected chi connectivity index (χ1v) is 5.22. The molecule has 0 nitrogen and oxygen atoms in total. The van der Waals surface area contributed by atoms with Gasteiger partial charge in [-0.3, -0.25) is 0 Å². The summed E-state index contributed by atoms with van der Waals surface area (Å²) < 4.78 is 0. The molecular weight excluding hydrogens is 283 g/mol. The number of unbranched alkanes of at least 4 members (excludes halogenated alkanes) is 2. The predicted molar refractivity (Wildman–Crippen MR) is 56.2 cm³/mol. The van der Waals surface area contributed by atoms with Gasteiger partial charge in [-0.2, -0.15) is 6.42 Å². The van der Waals surface area contributed by atoms with Gasteiger partial charge in [0.1, 0.15) is 0 Å². The number of rotatable bonds is 4. The van der Waals surface area contributed by atoms with E-state index < -0.39 is 0 Å². The van der Waals surface area contributed by atoms with Crippen LogP contribution in [0, 0.1) is 12.8 Å². The topological polar surface area (TPSA) is 0 Å². The summed E-state index contributed by atoms with van der Waals surface area (Å²) in [7, 11) is 0. The second kappa shape index (κ2) is 11.6. The molecule has 0 atom stereocenters. The monoisotopic (exact) mass is 304 g/mol. The zero-order chi connectivity index (χ0) is 7.94. The van der Waals surface area contributed by atoms with Crippen LogP contribution in [0.5, 0.6) is 0 Å². The van der Waals surface area contributed by atoms with Gasteiger partial charge in [-0.25, -0.2) is 0 Å². The second-order valence-electron chi connectivity index (χ2n) is 3.85. The first kappa shape index (κ1) is 16.9. The summed E-state index contributed by atoms with van der Waals surface area (Å²) in [6.45, 7) is 3.87. The Morgan fingerprint density at radius 3 is 2.15 bits per heavy atom. The fraction of sp³-hybridized carbons (Fsp3) is 0.909. The van der Waals surface area contributed by atoms with Gasteiger partial charge in [0.05, 0.1) is 0 Å². The van der Waals surface area contributed by atoms with E-state index in [0.29, 0.717) is 0 Å². The van der Waals surface area contributed by atoms with Gasteiger partial charge in [0.2, 0.25) is 0 Å². The van der Waals surface area contributed by atoms with Gasteiger partial charge in [-0.05, 0) is 5.92 Å². The maximum absolute atomic E-state index is 3.87. The fourth-order valence-electron chi connectivity index (χ4n) is 2.09. The van der Waals surface area contributed by atoms with Crippen LogP contribution in [0.1, 0.15) is 57.8 Å². The normalized spacial score (nSPS) is 17.3. The molecule has 1 aliphatic rings. The maximum atomic E-state index is 3.87. The van der Waals surface area contributed by atoms with Crippen molar-refractivity contribution >= 4 is 23.1 Å². The Kier molecular flexibility index (Phi) is 15.0. The number of hydrogen-bond acceptors (Lipinski definition) is 0. The van der Waals surface area contributed by atoms with Crippen LogP contribution >= 0.6 is 0 Å². The minimum absolute atomic E-state index is 0. The van der Waals surface area contributed by atoms with E-state index in [1.165, 1.54) is 51.4 Å². The minimum Gasteiger partial charge on any atom is -1.00 e. The first-order valence-electron chi connectivity index (χ1n) is 5.22. The average Bonchev–Trinajstić information content (AvgIpc) is 2.07. The van der Waals surface area contributed by atoms with Crippen molar-refractivity contribution in [3.63, 3.8) is 0 Å².